The molecule has 6 nitrogen and oxygen atoms in total. The smallest absolute Gasteiger partial charge is 0.257 e. The Morgan fingerprint density at radius 2 is 2.23 bits per heavy atom. The summed E-state index contributed by atoms with van der Waals surface area (Å²) < 4.78 is 21.7. The Morgan fingerprint density at radius 1 is 1.36 bits per heavy atom. The van der Waals surface area contributed by atoms with Crippen LogP contribution in [-0.4, -0.2) is 30.5 Å². The standard InChI is InChI=1S/C16H18N2O4/c1-4-20-10(2)15-17-16(22-18-15)12-7-11-8-13(19-3)5-6-14(11)21-9-12/h5-8,10H,4,9H2,1-3H3. The van der Waals surface area contributed by atoms with E-state index in [-0.39, 0.29) is 6.10 Å². The Hall–Kier alpha value is -2.34. The van der Waals surface area contributed by atoms with Crippen LogP contribution in [0.4, 0.5) is 0 Å². The van der Waals surface area contributed by atoms with Crippen molar-refractivity contribution in [1.82, 2.24) is 10.1 Å². The van der Waals surface area contributed by atoms with Gasteiger partial charge in [0, 0.05) is 12.2 Å². The van der Waals surface area contributed by atoms with Gasteiger partial charge in [-0.25, -0.2) is 0 Å². The van der Waals surface area contributed by atoms with E-state index >= 15 is 0 Å². The maximum Gasteiger partial charge on any atom is 0.257 e. The lowest BCUT2D eigenvalue weighted by Crippen LogP contribution is -2.07. The molecule has 0 spiro atoms. The first-order chi connectivity index (χ1) is 10.7. The van der Waals surface area contributed by atoms with Gasteiger partial charge >= 0.3 is 0 Å². The van der Waals surface area contributed by atoms with E-state index in [0.29, 0.717) is 24.9 Å². The van der Waals surface area contributed by atoms with E-state index in [4.69, 9.17) is 18.7 Å². The van der Waals surface area contributed by atoms with Crippen LogP contribution in [0, 0.1) is 0 Å². The van der Waals surface area contributed by atoms with E-state index in [2.05, 4.69) is 10.1 Å². The van der Waals surface area contributed by atoms with Gasteiger partial charge in [0.25, 0.3) is 5.89 Å². The van der Waals surface area contributed by atoms with Crippen LogP contribution < -0.4 is 9.47 Å². The molecule has 0 fully saturated rings. The highest BCUT2D eigenvalue weighted by molar-refractivity contribution is 5.83. The van der Waals surface area contributed by atoms with E-state index in [1.54, 1.807) is 7.11 Å². The van der Waals surface area contributed by atoms with Gasteiger partial charge in [-0.1, -0.05) is 5.16 Å². The molecular formula is C16H18N2O4. The zero-order valence-corrected chi connectivity index (χ0v) is 12.8. The maximum atomic E-state index is 5.72. The van der Waals surface area contributed by atoms with E-state index in [0.717, 1.165) is 22.6 Å². The molecule has 0 aliphatic carbocycles. The van der Waals surface area contributed by atoms with Gasteiger partial charge in [0.1, 0.15) is 24.2 Å². The molecule has 0 radical (unpaired) electrons. The highest BCUT2D eigenvalue weighted by Gasteiger charge is 2.20. The van der Waals surface area contributed by atoms with Crippen LogP contribution in [0.3, 0.4) is 0 Å². The lowest BCUT2D eigenvalue weighted by Gasteiger charge is -2.16. The van der Waals surface area contributed by atoms with Crippen molar-refractivity contribution in [2.45, 2.75) is 20.0 Å². The van der Waals surface area contributed by atoms with Gasteiger partial charge in [-0.15, -0.1) is 0 Å². The number of aromatic nitrogens is 2. The van der Waals surface area contributed by atoms with Gasteiger partial charge in [0.2, 0.25) is 5.82 Å². The SMILES string of the molecule is CCOC(C)c1noc(C2=Cc3cc(OC)ccc3OC2)n1. The minimum atomic E-state index is -0.194. The number of fused-ring (bicyclic) bond motifs is 1. The molecule has 1 aromatic heterocycles. The van der Waals surface area contributed by atoms with Gasteiger partial charge in [-0.05, 0) is 38.1 Å². The second-order valence-electron chi connectivity index (χ2n) is 4.92. The summed E-state index contributed by atoms with van der Waals surface area (Å²) in [5.74, 6) is 2.58. The first-order valence-corrected chi connectivity index (χ1v) is 7.18. The number of rotatable bonds is 5. The van der Waals surface area contributed by atoms with Gasteiger partial charge < -0.3 is 18.7 Å². The molecule has 1 aromatic carbocycles. The minimum absolute atomic E-state index is 0.194. The third-order valence-corrected chi connectivity index (χ3v) is 3.43. The predicted octanol–water partition coefficient (Wildman–Crippen LogP) is 3.11. The van der Waals surface area contributed by atoms with Gasteiger partial charge in [0.05, 0.1) is 12.7 Å². The molecule has 0 amide bonds. The summed E-state index contributed by atoms with van der Waals surface area (Å²) >= 11 is 0. The van der Waals surface area contributed by atoms with Gasteiger partial charge in [-0.3, -0.25) is 0 Å². The molecular weight excluding hydrogens is 284 g/mol. The zero-order chi connectivity index (χ0) is 15.5. The molecule has 116 valence electrons. The summed E-state index contributed by atoms with van der Waals surface area (Å²) in [4.78, 5) is 4.39. The topological polar surface area (TPSA) is 66.6 Å². The Morgan fingerprint density at radius 3 is 3.00 bits per heavy atom. The Labute approximate surface area is 128 Å². The van der Waals surface area contributed by atoms with Gasteiger partial charge in [-0.2, -0.15) is 4.98 Å². The highest BCUT2D eigenvalue weighted by atomic mass is 16.5. The monoisotopic (exact) mass is 302 g/mol. The second-order valence-corrected chi connectivity index (χ2v) is 4.92. The molecule has 22 heavy (non-hydrogen) atoms. The Bertz CT molecular complexity index is 693. The molecule has 0 saturated heterocycles. The Kier molecular flexibility index (Phi) is 4.11. The van der Waals surface area contributed by atoms with Gasteiger partial charge in [0.15, 0.2) is 0 Å². The van der Waals surface area contributed by atoms with E-state index in [1.165, 1.54) is 0 Å². The third kappa shape index (κ3) is 2.82. The number of hydrogen-bond donors (Lipinski definition) is 0. The molecule has 0 saturated carbocycles. The maximum absolute atomic E-state index is 5.72. The second kappa shape index (κ2) is 6.19. The predicted molar refractivity (Wildman–Crippen MR) is 80.7 cm³/mol. The van der Waals surface area contributed by atoms with Crippen LogP contribution in [0.2, 0.25) is 0 Å². The molecule has 1 atom stereocenters. The number of benzene rings is 1. The molecule has 1 aliphatic rings. The number of ether oxygens (including phenoxy) is 3. The van der Waals surface area contributed by atoms with E-state index in [9.17, 15) is 0 Å². The van der Waals surface area contributed by atoms with Crippen LogP contribution in [-0.2, 0) is 4.74 Å². The minimum Gasteiger partial charge on any atom is -0.497 e. The average Bonchev–Trinajstić information content (AvgIpc) is 3.04. The van der Waals surface area contributed by atoms with Crippen molar-refractivity contribution in [3.63, 3.8) is 0 Å². The zero-order valence-electron chi connectivity index (χ0n) is 12.8. The summed E-state index contributed by atoms with van der Waals surface area (Å²) in [5.41, 5.74) is 1.77. The third-order valence-electron chi connectivity index (χ3n) is 3.43. The summed E-state index contributed by atoms with van der Waals surface area (Å²) in [6, 6.07) is 5.67. The van der Waals surface area contributed by atoms with Crippen molar-refractivity contribution in [2.75, 3.05) is 20.3 Å². The fraction of sp³-hybridized carbons (Fsp3) is 0.375. The van der Waals surface area contributed by atoms with Crippen LogP contribution in [0.15, 0.2) is 22.7 Å². The Balaban J connectivity index is 1.87. The summed E-state index contributed by atoms with van der Waals surface area (Å²) in [7, 11) is 1.63. The number of hydrogen-bond acceptors (Lipinski definition) is 6. The van der Waals surface area contributed by atoms with Crippen LogP contribution in [0.1, 0.15) is 37.2 Å². The molecule has 0 bridgehead atoms. The first kappa shape index (κ1) is 14.6. The summed E-state index contributed by atoms with van der Waals surface area (Å²) in [6.45, 7) is 4.82. The quantitative estimate of drug-likeness (QED) is 0.845. The summed E-state index contributed by atoms with van der Waals surface area (Å²) in [5, 5.41) is 3.97. The molecule has 2 aromatic rings. The van der Waals surface area contributed by atoms with Crippen LogP contribution in [0.25, 0.3) is 11.6 Å². The van der Waals surface area contributed by atoms with Crippen molar-refractivity contribution in [1.29, 1.82) is 0 Å². The van der Waals surface area contributed by atoms with Crippen LogP contribution in [0.5, 0.6) is 11.5 Å². The average molecular weight is 302 g/mol. The molecule has 6 heteroatoms. The van der Waals surface area contributed by atoms with Crippen molar-refractivity contribution >= 4 is 11.6 Å². The fourth-order valence-electron chi connectivity index (χ4n) is 2.26. The fourth-order valence-corrected chi connectivity index (χ4v) is 2.26. The molecule has 1 aliphatic heterocycles. The molecule has 0 N–H and O–H groups in total. The van der Waals surface area contributed by atoms with Crippen LogP contribution >= 0.6 is 0 Å². The highest BCUT2D eigenvalue weighted by Crippen LogP contribution is 2.32. The number of methoxy groups -OCH3 is 1. The van der Waals surface area contributed by atoms with Crippen molar-refractivity contribution < 1.29 is 18.7 Å². The first-order valence-electron chi connectivity index (χ1n) is 7.18. The van der Waals surface area contributed by atoms with Crippen molar-refractivity contribution in [2.24, 2.45) is 0 Å². The largest absolute Gasteiger partial charge is 0.497 e. The van der Waals surface area contributed by atoms with E-state index in [1.807, 2.05) is 38.1 Å². The lowest BCUT2D eigenvalue weighted by atomic mass is 10.1. The van der Waals surface area contributed by atoms with Crippen molar-refractivity contribution in [3.05, 3.63) is 35.5 Å². The van der Waals surface area contributed by atoms with Crippen molar-refractivity contribution in [3.8, 4) is 11.5 Å². The normalized spacial score (nSPS) is 14.8. The molecule has 1 unspecified atom stereocenters. The molecule has 2 heterocycles. The lowest BCUT2D eigenvalue weighted by molar-refractivity contribution is 0.0683. The van der Waals surface area contributed by atoms with E-state index < -0.39 is 0 Å². The summed E-state index contributed by atoms with van der Waals surface area (Å²) in [6.07, 6.45) is 1.78. The molecule has 3 rings (SSSR count). The number of nitrogens with zero attached hydrogens (tertiary/aromatic N) is 2.